The first kappa shape index (κ1) is 43.9. The van der Waals surface area contributed by atoms with Gasteiger partial charge in [-0.2, -0.15) is 0 Å². The molecule has 268 valence electrons. The maximum absolute atomic E-state index is 2.34. The van der Waals surface area contributed by atoms with Gasteiger partial charge in [-0.3, -0.25) is 0 Å². The molecule has 0 bridgehead atoms. The molecule has 50 heavy (non-hydrogen) atoms. The SMILES string of the molecule is CC.CC.CC.CC.Cc1cc(C)c2ccccc2c1Cc1c(C)c(C)c(C)c2ccccc12.Cc1ccccc1Cc1cccc(C)c1C. The van der Waals surface area contributed by atoms with Crippen LogP contribution in [0.15, 0.2) is 97.1 Å². The minimum atomic E-state index is 0.986. The Bertz CT molecular complexity index is 1900. The summed E-state index contributed by atoms with van der Waals surface area (Å²) in [5.74, 6) is 0. The first-order valence-electron chi connectivity index (χ1n) is 19.2. The second-order valence-electron chi connectivity index (χ2n) is 12.1. The molecule has 0 heteroatoms. The van der Waals surface area contributed by atoms with E-state index in [4.69, 9.17) is 0 Å². The molecular weight excluding hydrogens is 601 g/mol. The van der Waals surface area contributed by atoms with E-state index >= 15 is 0 Å². The van der Waals surface area contributed by atoms with E-state index in [1.54, 1.807) is 0 Å². The lowest BCUT2D eigenvalue weighted by atomic mass is 9.85. The fraction of sp³-hybridized carbons (Fsp3) is 0.360. The van der Waals surface area contributed by atoms with Gasteiger partial charge in [0, 0.05) is 0 Å². The zero-order chi connectivity index (χ0) is 38.0. The normalized spacial score (nSPS) is 9.76. The Balaban J connectivity index is 0.000000448. The van der Waals surface area contributed by atoms with Crippen LogP contribution in [-0.4, -0.2) is 0 Å². The summed E-state index contributed by atoms with van der Waals surface area (Å²) in [7, 11) is 0. The first-order chi connectivity index (χ1) is 24.2. The Labute approximate surface area is 308 Å². The topological polar surface area (TPSA) is 0 Å². The van der Waals surface area contributed by atoms with E-state index in [1.807, 2.05) is 55.4 Å². The van der Waals surface area contributed by atoms with Gasteiger partial charge < -0.3 is 0 Å². The molecule has 0 unspecified atom stereocenters. The number of benzene rings is 6. The predicted octanol–water partition coefficient (Wildman–Crippen LogP) is 15.4. The van der Waals surface area contributed by atoms with Crippen molar-refractivity contribution in [1.82, 2.24) is 0 Å². The smallest absolute Gasteiger partial charge is 0.000809 e. The Hall–Kier alpha value is -4.16. The van der Waals surface area contributed by atoms with Gasteiger partial charge in [-0.05, 0) is 157 Å². The molecule has 0 saturated carbocycles. The second-order valence-corrected chi connectivity index (χ2v) is 12.1. The third-order valence-electron chi connectivity index (χ3n) is 9.53. The van der Waals surface area contributed by atoms with Crippen LogP contribution in [0.4, 0.5) is 0 Å². The van der Waals surface area contributed by atoms with Gasteiger partial charge in [0.25, 0.3) is 0 Å². The summed E-state index contributed by atoms with van der Waals surface area (Å²) in [6.45, 7) is 33.8. The van der Waals surface area contributed by atoms with Crippen LogP contribution in [0, 0.1) is 55.4 Å². The Morgan fingerprint density at radius 1 is 0.300 bits per heavy atom. The Morgan fingerprint density at radius 3 is 1.34 bits per heavy atom. The maximum Gasteiger partial charge on any atom is -0.000809 e. The largest absolute Gasteiger partial charge is 0.0683 e. The first-order valence-corrected chi connectivity index (χ1v) is 19.2. The standard InChI is InChI=1S/C26H26.C16H18.4C2H6/c1-16-14-17(2)25(23-12-8-6-10-21(16)23)15-26-20(5)18(3)19(4)22-11-7-9-13-24(22)26;1-12-8-6-10-16(14(12)3)11-15-9-5-4-7-13(15)2;4*1-2/h6-14H,15H2,1-5H3;4-10H,11H2,1-3H3;4*1-2H3. The van der Waals surface area contributed by atoms with Gasteiger partial charge in [-0.15, -0.1) is 0 Å². The number of fused-ring (bicyclic) bond motifs is 2. The number of aryl methyl sites for hydroxylation is 5. The molecule has 6 aromatic rings. The van der Waals surface area contributed by atoms with Crippen LogP contribution in [0.25, 0.3) is 21.5 Å². The van der Waals surface area contributed by atoms with Crippen LogP contribution in [-0.2, 0) is 12.8 Å². The van der Waals surface area contributed by atoms with E-state index in [-0.39, 0.29) is 0 Å². The Kier molecular flexibility index (Phi) is 19.8. The van der Waals surface area contributed by atoms with E-state index < -0.39 is 0 Å². The van der Waals surface area contributed by atoms with Crippen molar-refractivity contribution in [1.29, 1.82) is 0 Å². The lowest BCUT2D eigenvalue weighted by molar-refractivity contribution is 1.11. The van der Waals surface area contributed by atoms with Gasteiger partial charge in [0.1, 0.15) is 0 Å². The average Bonchev–Trinajstić information content (AvgIpc) is 3.16. The van der Waals surface area contributed by atoms with E-state index in [0.717, 1.165) is 12.8 Å². The van der Waals surface area contributed by atoms with Crippen molar-refractivity contribution in [2.75, 3.05) is 0 Å². The summed E-state index contributed by atoms with van der Waals surface area (Å²) in [5, 5.41) is 5.56. The predicted molar refractivity (Wildman–Crippen MR) is 230 cm³/mol. The van der Waals surface area contributed by atoms with Crippen molar-refractivity contribution >= 4 is 21.5 Å². The third-order valence-corrected chi connectivity index (χ3v) is 9.53. The van der Waals surface area contributed by atoms with Crippen molar-refractivity contribution in [2.45, 2.75) is 124 Å². The lowest BCUT2D eigenvalue weighted by Crippen LogP contribution is -2.02. The molecule has 0 saturated heterocycles. The molecule has 0 radical (unpaired) electrons. The molecule has 0 aliphatic rings. The minimum absolute atomic E-state index is 0.986. The molecule has 0 heterocycles. The monoisotopic (exact) mass is 669 g/mol. The van der Waals surface area contributed by atoms with Crippen LogP contribution in [0.5, 0.6) is 0 Å². The summed E-state index contributed by atoms with van der Waals surface area (Å²) in [4.78, 5) is 0. The lowest BCUT2D eigenvalue weighted by Gasteiger charge is -2.19. The molecule has 0 aliphatic carbocycles. The highest BCUT2D eigenvalue weighted by Crippen LogP contribution is 2.34. The summed E-state index contributed by atoms with van der Waals surface area (Å²) in [6.07, 6.45) is 2.03. The van der Waals surface area contributed by atoms with Gasteiger partial charge in [0.15, 0.2) is 0 Å². The van der Waals surface area contributed by atoms with Gasteiger partial charge in [-0.1, -0.05) is 152 Å². The number of hydrogen-bond donors (Lipinski definition) is 0. The van der Waals surface area contributed by atoms with Gasteiger partial charge >= 0.3 is 0 Å². The van der Waals surface area contributed by atoms with Crippen LogP contribution in [0.1, 0.15) is 122 Å². The van der Waals surface area contributed by atoms with Crippen LogP contribution >= 0.6 is 0 Å². The van der Waals surface area contributed by atoms with Gasteiger partial charge in [-0.25, -0.2) is 0 Å². The van der Waals surface area contributed by atoms with Crippen molar-refractivity contribution in [2.24, 2.45) is 0 Å². The maximum atomic E-state index is 2.34. The molecule has 6 aromatic carbocycles. The molecule has 6 rings (SSSR count). The fourth-order valence-corrected chi connectivity index (χ4v) is 6.43. The number of hydrogen-bond acceptors (Lipinski definition) is 0. The highest BCUT2D eigenvalue weighted by atomic mass is 14.2. The van der Waals surface area contributed by atoms with Gasteiger partial charge in [0.2, 0.25) is 0 Å². The van der Waals surface area contributed by atoms with E-state index in [9.17, 15) is 0 Å². The second kappa shape index (κ2) is 22.5. The summed E-state index contributed by atoms with van der Waals surface area (Å²) >= 11 is 0. The Morgan fingerprint density at radius 2 is 0.760 bits per heavy atom. The molecule has 0 N–H and O–H groups in total. The number of rotatable bonds is 4. The zero-order valence-electron chi connectivity index (χ0n) is 34.7. The van der Waals surface area contributed by atoms with Crippen LogP contribution < -0.4 is 0 Å². The highest BCUT2D eigenvalue weighted by molar-refractivity contribution is 5.93. The van der Waals surface area contributed by atoms with Crippen molar-refractivity contribution < 1.29 is 0 Å². The summed E-state index contributed by atoms with van der Waals surface area (Å²) in [5.41, 5.74) is 17.0. The quantitative estimate of drug-likeness (QED) is 0.175. The zero-order valence-corrected chi connectivity index (χ0v) is 34.7. The van der Waals surface area contributed by atoms with E-state index in [2.05, 4.69) is 152 Å². The molecule has 0 aromatic heterocycles. The van der Waals surface area contributed by atoms with Crippen molar-refractivity contribution in [3.63, 3.8) is 0 Å². The van der Waals surface area contributed by atoms with Gasteiger partial charge in [0.05, 0.1) is 0 Å². The van der Waals surface area contributed by atoms with E-state index in [1.165, 1.54) is 88.3 Å². The fourth-order valence-electron chi connectivity index (χ4n) is 6.43. The molecule has 0 fully saturated rings. The minimum Gasteiger partial charge on any atom is -0.0683 e. The van der Waals surface area contributed by atoms with Crippen molar-refractivity contribution in [3.05, 3.63) is 164 Å². The van der Waals surface area contributed by atoms with E-state index in [0.29, 0.717) is 0 Å². The molecule has 0 aliphatic heterocycles. The van der Waals surface area contributed by atoms with Crippen LogP contribution in [0.3, 0.4) is 0 Å². The molecule has 0 spiro atoms. The summed E-state index contributed by atoms with van der Waals surface area (Å²) in [6, 6.07) is 35.2. The van der Waals surface area contributed by atoms with Crippen LogP contribution in [0.2, 0.25) is 0 Å². The summed E-state index contributed by atoms with van der Waals surface area (Å²) < 4.78 is 0. The average molecular weight is 669 g/mol. The molecule has 0 atom stereocenters. The third kappa shape index (κ3) is 10.7. The highest BCUT2D eigenvalue weighted by Gasteiger charge is 2.15. The molecule has 0 amide bonds. The van der Waals surface area contributed by atoms with Crippen molar-refractivity contribution in [3.8, 4) is 0 Å². The molecule has 0 nitrogen and oxygen atoms in total. The molecular formula is C50H68.